The van der Waals surface area contributed by atoms with Crippen molar-refractivity contribution in [2.24, 2.45) is 0 Å². The summed E-state index contributed by atoms with van der Waals surface area (Å²) in [7, 11) is 0. The molecule has 0 atom stereocenters. The van der Waals surface area contributed by atoms with Crippen molar-refractivity contribution >= 4 is 17.5 Å². The lowest BCUT2D eigenvalue weighted by Gasteiger charge is -2.10. The molecule has 0 aliphatic rings. The van der Waals surface area contributed by atoms with Gasteiger partial charge in [0.2, 0.25) is 5.88 Å². The van der Waals surface area contributed by atoms with Gasteiger partial charge in [-0.05, 0) is 55.3 Å². The highest BCUT2D eigenvalue weighted by atomic mass is 35.5. The van der Waals surface area contributed by atoms with Crippen molar-refractivity contribution in [1.82, 2.24) is 15.5 Å². The molecule has 0 radical (unpaired) electrons. The highest BCUT2D eigenvalue weighted by Gasteiger charge is 2.07. The summed E-state index contributed by atoms with van der Waals surface area (Å²) in [5.74, 6) is 1.37. The summed E-state index contributed by atoms with van der Waals surface area (Å²) in [6.07, 6.45) is 1.57. The Kier molecular flexibility index (Phi) is 6.49. The van der Waals surface area contributed by atoms with Crippen LogP contribution in [0.3, 0.4) is 0 Å². The largest absolute Gasteiger partial charge is 0.484 e. The Balaban J connectivity index is 1.37. The number of halogens is 1. The van der Waals surface area contributed by atoms with E-state index in [1.807, 2.05) is 13.8 Å². The predicted molar refractivity (Wildman–Crippen MR) is 105 cm³/mol. The average Bonchev–Trinajstić information content (AvgIpc) is 3.23. The molecule has 0 aliphatic heterocycles. The van der Waals surface area contributed by atoms with Gasteiger partial charge in [0.05, 0.1) is 12.8 Å². The van der Waals surface area contributed by atoms with Gasteiger partial charge in [-0.3, -0.25) is 4.79 Å². The van der Waals surface area contributed by atoms with Crippen LogP contribution in [0.1, 0.15) is 11.1 Å². The summed E-state index contributed by atoms with van der Waals surface area (Å²) in [6.45, 7) is 4.29. The molecule has 0 bridgehead atoms. The molecule has 146 valence electrons. The lowest BCUT2D eigenvalue weighted by Crippen LogP contribution is -2.32. The molecule has 3 rings (SSSR count). The second kappa shape index (κ2) is 9.23. The third kappa shape index (κ3) is 5.23. The van der Waals surface area contributed by atoms with Gasteiger partial charge in [0.25, 0.3) is 5.91 Å². The Labute approximate surface area is 167 Å². The minimum Gasteiger partial charge on any atom is -0.484 e. The molecule has 2 heterocycles. The number of carbonyl (C=O) groups is 1. The first kappa shape index (κ1) is 19.7. The topological polar surface area (TPSA) is 86.5 Å². The van der Waals surface area contributed by atoms with E-state index in [-0.39, 0.29) is 19.1 Å². The summed E-state index contributed by atoms with van der Waals surface area (Å²) in [5, 5.41) is 11.4. The number of benzene rings is 1. The molecule has 2 aromatic heterocycles. The van der Waals surface area contributed by atoms with E-state index in [2.05, 4.69) is 15.5 Å². The summed E-state index contributed by atoms with van der Waals surface area (Å²) in [5.41, 5.74) is 2.43. The third-order valence-corrected chi connectivity index (χ3v) is 4.46. The number of nitrogens with zero attached hydrogens (tertiary/aromatic N) is 2. The van der Waals surface area contributed by atoms with Crippen molar-refractivity contribution in [3.05, 3.63) is 58.8 Å². The summed E-state index contributed by atoms with van der Waals surface area (Å²) in [6, 6.07) is 10.6. The molecule has 1 N–H and O–H groups in total. The van der Waals surface area contributed by atoms with E-state index in [4.69, 9.17) is 25.5 Å². The Bertz CT molecular complexity index is 904. The Morgan fingerprint density at radius 2 is 1.93 bits per heavy atom. The third-order valence-electron chi connectivity index (χ3n) is 3.87. The van der Waals surface area contributed by atoms with Crippen molar-refractivity contribution in [2.45, 2.75) is 13.8 Å². The zero-order valence-corrected chi connectivity index (χ0v) is 16.3. The number of furan rings is 1. The van der Waals surface area contributed by atoms with Crippen LogP contribution in [0.4, 0.5) is 0 Å². The van der Waals surface area contributed by atoms with Gasteiger partial charge in [0.15, 0.2) is 12.4 Å². The van der Waals surface area contributed by atoms with Gasteiger partial charge in [-0.25, -0.2) is 0 Å². The van der Waals surface area contributed by atoms with Gasteiger partial charge >= 0.3 is 0 Å². The fourth-order valence-corrected chi connectivity index (χ4v) is 2.60. The Morgan fingerprint density at radius 3 is 2.57 bits per heavy atom. The molecule has 0 fully saturated rings. The van der Waals surface area contributed by atoms with Crippen LogP contribution < -0.4 is 14.8 Å². The first-order valence-electron chi connectivity index (χ1n) is 8.69. The van der Waals surface area contributed by atoms with Crippen LogP contribution in [0.2, 0.25) is 5.02 Å². The molecule has 0 aliphatic carbocycles. The van der Waals surface area contributed by atoms with E-state index < -0.39 is 0 Å². The summed E-state index contributed by atoms with van der Waals surface area (Å²) < 4.78 is 16.2. The predicted octanol–water partition coefficient (Wildman–Crippen LogP) is 3.58. The van der Waals surface area contributed by atoms with Crippen molar-refractivity contribution in [1.29, 1.82) is 0 Å². The maximum absolute atomic E-state index is 11.9. The fourth-order valence-electron chi connectivity index (χ4n) is 2.49. The van der Waals surface area contributed by atoms with Crippen molar-refractivity contribution in [2.75, 3.05) is 19.8 Å². The van der Waals surface area contributed by atoms with Gasteiger partial charge in [-0.2, -0.15) is 0 Å². The van der Waals surface area contributed by atoms with Crippen molar-refractivity contribution < 1.29 is 18.7 Å². The molecule has 0 saturated heterocycles. The first-order chi connectivity index (χ1) is 13.5. The summed E-state index contributed by atoms with van der Waals surface area (Å²) >= 11 is 6.12. The van der Waals surface area contributed by atoms with Crippen LogP contribution in [0, 0.1) is 13.8 Å². The van der Waals surface area contributed by atoms with E-state index in [9.17, 15) is 4.79 Å². The van der Waals surface area contributed by atoms with Gasteiger partial charge in [0.1, 0.15) is 18.1 Å². The molecule has 28 heavy (non-hydrogen) atoms. The molecule has 3 aromatic rings. The number of amides is 1. The summed E-state index contributed by atoms with van der Waals surface area (Å²) in [4.78, 5) is 11.9. The van der Waals surface area contributed by atoms with Gasteiger partial charge in [-0.1, -0.05) is 11.6 Å². The lowest BCUT2D eigenvalue weighted by atomic mass is 10.1. The lowest BCUT2D eigenvalue weighted by molar-refractivity contribution is -0.123. The van der Waals surface area contributed by atoms with E-state index in [0.717, 1.165) is 11.1 Å². The minimum absolute atomic E-state index is 0.0852. The molecule has 0 saturated carbocycles. The monoisotopic (exact) mass is 401 g/mol. The minimum atomic E-state index is -0.242. The van der Waals surface area contributed by atoms with E-state index in [1.54, 1.807) is 42.7 Å². The Morgan fingerprint density at radius 1 is 1.14 bits per heavy atom. The molecule has 1 amide bonds. The number of aromatic nitrogens is 2. The maximum atomic E-state index is 11.9. The zero-order chi connectivity index (χ0) is 19.9. The number of aryl methyl sites for hydroxylation is 2. The average molecular weight is 402 g/mol. The fraction of sp³-hybridized carbons (Fsp3) is 0.250. The van der Waals surface area contributed by atoms with Crippen LogP contribution in [-0.4, -0.2) is 35.9 Å². The maximum Gasteiger partial charge on any atom is 0.258 e. The number of hydrogen-bond acceptors (Lipinski definition) is 6. The molecule has 7 nitrogen and oxygen atoms in total. The van der Waals surface area contributed by atoms with E-state index in [1.165, 1.54) is 0 Å². The zero-order valence-electron chi connectivity index (χ0n) is 15.6. The molecule has 8 heteroatoms. The first-order valence-corrected chi connectivity index (χ1v) is 9.07. The van der Waals surface area contributed by atoms with Crippen molar-refractivity contribution in [3.8, 4) is 23.1 Å². The van der Waals surface area contributed by atoms with Crippen LogP contribution in [-0.2, 0) is 4.79 Å². The standard InChI is InChI=1S/C20H20ClN3O4/c1-13-10-15(11-14(2)20(13)21)28-12-18(25)22-7-9-27-19-6-5-16(23-24-19)17-4-3-8-26-17/h3-6,8,10-11H,7,9,12H2,1-2H3,(H,22,25). The van der Waals surface area contributed by atoms with Gasteiger partial charge < -0.3 is 19.2 Å². The van der Waals surface area contributed by atoms with Crippen LogP contribution in [0.5, 0.6) is 11.6 Å². The highest BCUT2D eigenvalue weighted by Crippen LogP contribution is 2.25. The van der Waals surface area contributed by atoms with Gasteiger partial charge in [0, 0.05) is 11.1 Å². The number of rotatable bonds is 8. The molecule has 0 unspecified atom stereocenters. The number of carbonyl (C=O) groups excluding carboxylic acids is 1. The van der Waals surface area contributed by atoms with Crippen LogP contribution >= 0.6 is 11.6 Å². The van der Waals surface area contributed by atoms with Gasteiger partial charge in [-0.15, -0.1) is 10.2 Å². The number of hydrogen-bond donors (Lipinski definition) is 1. The smallest absolute Gasteiger partial charge is 0.258 e. The second-order valence-electron chi connectivity index (χ2n) is 6.09. The van der Waals surface area contributed by atoms with Crippen LogP contribution in [0.25, 0.3) is 11.5 Å². The van der Waals surface area contributed by atoms with Crippen molar-refractivity contribution in [3.63, 3.8) is 0 Å². The number of nitrogens with one attached hydrogen (secondary N) is 1. The molecule has 1 aromatic carbocycles. The van der Waals surface area contributed by atoms with Crippen LogP contribution in [0.15, 0.2) is 47.1 Å². The van der Waals surface area contributed by atoms with E-state index >= 15 is 0 Å². The van der Waals surface area contributed by atoms with E-state index in [0.29, 0.717) is 34.7 Å². The molecular formula is C20H20ClN3O4. The SMILES string of the molecule is Cc1cc(OCC(=O)NCCOc2ccc(-c3ccco3)nn2)cc(C)c1Cl. The molecular weight excluding hydrogens is 382 g/mol. The molecule has 0 spiro atoms. The number of ether oxygens (including phenoxy) is 2. The quantitative estimate of drug-likeness (QED) is 0.580. The Hall–Kier alpha value is -3.06. The second-order valence-corrected chi connectivity index (χ2v) is 6.47. The normalized spacial score (nSPS) is 10.5. The highest BCUT2D eigenvalue weighted by molar-refractivity contribution is 6.32.